The number of rotatable bonds is 5. The summed E-state index contributed by atoms with van der Waals surface area (Å²) in [5, 5.41) is 4.33. The molecule has 1 N–H and O–H groups in total. The predicted molar refractivity (Wildman–Crippen MR) is 79.0 cm³/mol. The molecule has 1 aliphatic rings. The molecule has 0 aliphatic heterocycles. The van der Waals surface area contributed by atoms with Crippen molar-refractivity contribution in [1.29, 1.82) is 0 Å². The average Bonchev–Trinajstić information content (AvgIpc) is 3.15. The van der Waals surface area contributed by atoms with Crippen molar-refractivity contribution in [1.82, 2.24) is 4.98 Å². The van der Waals surface area contributed by atoms with Crippen LogP contribution in [-0.2, 0) is 0 Å². The fourth-order valence-electron chi connectivity index (χ4n) is 2.08. The summed E-state index contributed by atoms with van der Waals surface area (Å²) in [6.07, 6.45) is 2.60. The molecule has 1 aromatic rings. The molecule has 0 radical (unpaired) electrons. The summed E-state index contributed by atoms with van der Waals surface area (Å²) in [4.78, 5) is 6.69. The molecule has 0 saturated heterocycles. The molecule has 0 amide bonds. The molecule has 5 heteroatoms. The zero-order valence-electron chi connectivity index (χ0n) is 11.0. The Morgan fingerprint density at radius 1 is 1.44 bits per heavy atom. The number of hydrogen-bond acceptors (Lipinski definition) is 3. The lowest BCUT2D eigenvalue weighted by Crippen LogP contribution is -2.31. The van der Waals surface area contributed by atoms with Crippen LogP contribution in [0.2, 0.25) is 10.0 Å². The topological polar surface area (TPSA) is 28.2 Å². The van der Waals surface area contributed by atoms with E-state index in [2.05, 4.69) is 22.1 Å². The third-order valence-corrected chi connectivity index (χ3v) is 4.07. The van der Waals surface area contributed by atoms with Crippen LogP contribution < -0.4 is 10.2 Å². The van der Waals surface area contributed by atoms with Crippen molar-refractivity contribution in [3.8, 4) is 0 Å². The first-order valence-electron chi connectivity index (χ1n) is 6.37. The van der Waals surface area contributed by atoms with E-state index >= 15 is 0 Å². The van der Waals surface area contributed by atoms with Gasteiger partial charge in [0.25, 0.3) is 0 Å². The first-order valence-corrected chi connectivity index (χ1v) is 7.13. The molecule has 100 valence electrons. The van der Waals surface area contributed by atoms with E-state index in [0.29, 0.717) is 21.9 Å². The Hall–Kier alpha value is -0.670. The van der Waals surface area contributed by atoms with E-state index in [-0.39, 0.29) is 0 Å². The number of hydrogen-bond donors (Lipinski definition) is 1. The lowest BCUT2D eigenvalue weighted by Gasteiger charge is -2.27. The zero-order valence-corrected chi connectivity index (χ0v) is 12.5. The van der Waals surface area contributed by atoms with Crippen LogP contribution in [0.3, 0.4) is 0 Å². The molecule has 3 nitrogen and oxygen atoms in total. The molecule has 1 fully saturated rings. The van der Waals surface area contributed by atoms with Gasteiger partial charge in [0, 0.05) is 19.6 Å². The van der Waals surface area contributed by atoms with Gasteiger partial charge in [-0.05, 0) is 38.7 Å². The Morgan fingerprint density at radius 3 is 2.67 bits per heavy atom. The zero-order chi connectivity index (χ0) is 13.3. The second kappa shape index (κ2) is 5.54. The average molecular weight is 288 g/mol. The molecule has 1 atom stereocenters. The number of halogens is 2. The number of aromatic nitrogens is 1. The van der Waals surface area contributed by atoms with Crippen LogP contribution in [0.1, 0.15) is 26.7 Å². The molecular formula is C13H19Cl2N3. The van der Waals surface area contributed by atoms with E-state index in [0.717, 1.165) is 18.3 Å². The molecule has 1 aromatic heterocycles. The lowest BCUT2D eigenvalue weighted by atomic mass is 10.2. The number of nitrogens with zero attached hydrogens (tertiary/aromatic N) is 2. The van der Waals surface area contributed by atoms with Gasteiger partial charge in [0.1, 0.15) is 11.6 Å². The van der Waals surface area contributed by atoms with Crippen LogP contribution in [0.4, 0.5) is 11.6 Å². The summed E-state index contributed by atoms with van der Waals surface area (Å²) in [5.41, 5.74) is 0. The normalized spacial score (nSPS) is 16.5. The molecule has 2 rings (SSSR count). The highest BCUT2D eigenvalue weighted by Gasteiger charge is 2.31. The fourth-order valence-corrected chi connectivity index (χ4v) is 2.64. The first kappa shape index (κ1) is 13.8. The van der Waals surface area contributed by atoms with Crippen molar-refractivity contribution < 1.29 is 0 Å². The molecule has 0 bridgehead atoms. The third kappa shape index (κ3) is 2.83. The van der Waals surface area contributed by atoms with Gasteiger partial charge >= 0.3 is 0 Å². The molecule has 1 aliphatic carbocycles. The van der Waals surface area contributed by atoms with Gasteiger partial charge < -0.3 is 10.2 Å². The summed E-state index contributed by atoms with van der Waals surface area (Å²) >= 11 is 12.4. The van der Waals surface area contributed by atoms with Gasteiger partial charge in [-0.1, -0.05) is 23.2 Å². The van der Waals surface area contributed by atoms with Gasteiger partial charge in [-0.3, -0.25) is 0 Å². The first-order chi connectivity index (χ1) is 8.54. The molecule has 1 saturated carbocycles. The Morgan fingerprint density at radius 2 is 2.11 bits per heavy atom. The molecule has 0 spiro atoms. The van der Waals surface area contributed by atoms with Gasteiger partial charge in [0.15, 0.2) is 0 Å². The summed E-state index contributed by atoms with van der Waals surface area (Å²) in [7, 11) is 2.04. The van der Waals surface area contributed by atoms with E-state index in [9.17, 15) is 0 Å². The van der Waals surface area contributed by atoms with Crippen LogP contribution >= 0.6 is 23.2 Å². The van der Waals surface area contributed by atoms with Gasteiger partial charge in [0.05, 0.1) is 10.0 Å². The molecule has 1 unspecified atom stereocenters. The minimum Gasteiger partial charge on any atom is -0.369 e. The SMILES string of the molecule is CCNc1nc(N(C)C(C)C2CC2)c(Cl)cc1Cl. The van der Waals surface area contributed by atoms with Crippen LogP contribution in [0.15, 0.2) is 6.07 Å². The summed E-state index contributed by atoms with van der Waals surface area (Å²) in [6.45, 7) is 5.02. The Labute approximate surface area is 118 Å². The van der Waals surface area contributed by atoms with Crippen LogP contribution in [0, 0.1) is 5.92 Å². The van der Waals surface area contributed by atoms with Crippen molar-refractivity contribution in [3.05, 3.63) is 16.1 Å². The third-order valence-electron chi connectivity index (χ3n) is 3.50. The maximum absolute atomic E-state index is 6.25. The highest BCUT2D eigenvalue weighted by Crippen LogP contribution is 2.38. The number of pyridine rings is 1. The highest BCUT2D eigenvalue weighted by molar-refractivity contribution is 6.37. The molecular weight excluding hydrogens is 269 g/mol. The summed E-state index contributed by atoms with van der Waals surface area (Å²) in [6, 6.07) is 2.23. The van der Waals surface area contributed by atoms with Gasteiger partial charge in [0.2, 0.25) is 0 Å². The van der Waals surface area contributed by atoms with Crippen molar-refractivity contribution >= 4 is 34.8 Å². The largest absolute Gasteiger partial charge is 0.369 e. The maximum atomic E-state index is 6.25. The van der Waals surface area contributed by atoms with Crippen LogP contribution in [-0.4, -0.2) is 24.6 Å². The Kier molecular flexibility index (Phi) is 4.23. The summed E-state index contributed by atoms with van der Waals surface area (Å²) < 4.78 is 0. The van der Waals surface area contributed by atoms with E-state index in [1.807, 2.05) is 14.0 Å². The van der Waals surface area contributed by atoms with Crippen molar-refractivity contribution in [2.75, 3.05) is 23.8 Å². The molecule has 0 aromatic carbocycles. The Balaban J connectivity index is 2.27. The second-order valence-electron chi connectivity index (χ2n) is 4.84. The Bertz CT molecular complexity index is 432. The minimum atomic E-state index is 0.464. The quantitative estimate of drug-likeness (QED) is 0.885. The minimum absolute atomic E-state index is 0.464. The monoisotopic (exact) mass is 287 g/mol. The lowest BCUT2D eigenvalue weighted by molar-refractivity contribution is 0.604. The molecule has 1 heterocycles. The van der Waals surface area contributed by atoms with E-state index < -0.39 is 0 Å². The predicted octanol–water partition coefficient (Wildman–Crippen LogP) is 4.05. The summed E-state index contributed by atoms with van der Waals surface area (Å²) in [5.74, 6) is 2.27. The fraction of sp³-hybridized carbons (Fsp3) is 0.615. The van der Waals surface area contributed by atoms with Crippen LogP contribution in [0.5, 0.6) is 0 Å². The standard InChI is InChI=1S/C13H19Cl2N3/c1-4-16-12-10(14)7-11(15)13(17-12)18(3)8(2)9-5-6-9/h7-9H,4-6H2,1-3H3,(H,16,17). The van der Waals surface area contributed by atoms with E-state index in [1.165, 1.54) is 12.8 Å². The van der Waals surface area contributed by atoms with Gasteiger partial charge in [-0.2, -0.15) is 0 Å². The van der Waals surface area contributed by atoms with Crippen molar-refractivity contribution in [2.45, 2.75) is 32.7 Å². The van der Waals surface area contributed by atoms with Gasteiger partial charge in [-0.25, -0.2) is 4.98 Å². The van der Waals surface area contributed by atoms with E-state index in [4.69, 9.17) is 23.2 Å². The van der Waals surface area contributed by atoms with Crippen molar-refractivity contribution in [3.63, 3.8) is 0 Å². The van der Waals surface area contributed by atoms with Crippen molar-refractivity contribution in [2.24, 2.45) is 5.92 Å². The maximum Gasteiger partial charge on any atom is 0.149 e. The number of nitrogens with one attached hydrogen (secondary N) is 1. The second-order valence-corrected chi connectivity index (χ2v) is 5.66. The highest BCUT2D eigenvalue weighted by atomic mass is 35.5. The number of anilines is 2. The molecule has 18 heavy (non-hydrogen) atoms. The van der Waals surface area contributed by atoms with Gasteiger partial charge in [-0.15, -0.1) is 0 Å². The van der Waals surface area contributed by atoms with E-state index in [1.54, 1.807) is 6.07 Å². The van der Waals surface area contributed by atoms with Crippen LogP contribution in [0.25, 0.3) is 0 Å². The smallest absolute Gasteiger partial charge is 0.149 e.